The van der Waals surface area contributed by atoms with E-state index in [1.807, 2.05) is 6.92 Å². The van der Waals surface area contributed by atoms with Crippen LogP contribution in [0.3, 0.4) is 0 Å². The molecule has 0 aliphatic rings. The fraction of sp³-hybridized carbons (Fsp3) is 0.714. The molecule has 1 unspecified atom stereocenters. The summed E-state index contributed by atoms with van der Waals surface area (Å²) < 4.78 is 27.6. The summed E-state index contributed by atoms with van der Waals surface area (Å²) in [6.07, 6.45) is 12.5. The topological polar surface area (TPSA) is 65.0 Å². The molecular weight excluding hydrogens is 399 g/mol. The Hall–Kier alpha value is -0.580. The van der Waals surface area contributed by atoms with Gasteiger partial charge in [0.25, 0.3) is 0 Å². The highest BCUT2D eigenvalue weighted by Gasteiger charge is 2.25. The summed E-state index contributed by atoms with van der Waals surface area (Å²) in [4.78, 5) is 9.80. The molecule has 1 aromatic rings. The summed E-state index contributed by atoms with van der Waals surface area (Å²) in [6, 6.07) is 6.47. The minimum atomic E-state index is -4.23. The summed E-state index contributed by atoms with van der Waals surface area (Å²) in [5.74, 6) is 0.119. The smallest absolute Gasteiger partial charge is 0.403 e. The summed E-state index contributed by atoms with van der Waals surface area (Å²) in [5.41, 5.74) is 0. The van der Waals surface area contributed by atoms with Gasteiger partial charge in [-0.3, -0.25) is 9.42 Å². The molecule has 1 N–H and O–H groups in total. The molecule has 0 radical (unpaired) electrons. The molecule has 28 heavy (non-hydrogen) atoms. The highest BCUT2D eigenvalue weighted by atomic mass is 35.5. The van der Waals surface area contributed by atoms with Crippen LogP contribution in [0.1, 0.15) is 78.1 Å². The molecule has 0 spiro atoms. The summed E-state index contributed by atoms with van der Waals surface area (Å²) >= 11 is 5.91. The average Bonchev–Trinajstić information content (AvgIpc) is 2.66. The van der Waals surface area contributed by atoms with E-state index in [4.69, 9.17) is 25.4 Å². The molecule has 7 heteroatoms. The van der Waals surface area contributed by atoms with Crippen molar-refractivity contribution in [3.8, 4) is 5.75 Å². The highest BCUT2D eigenvalue weighted by molar-refractivity contribution is 7.47. The van der Waals surface area contributed by atoms with Gasteiger partial charge >= 0.3 is 7.82 Å². The number of phosphoric ester groups is 1. The number of ether oxygens (including phenoxy) is 1. The Kier molecular flexibility index (Phi) is 13.9. The van der Waals surface area contributed by atoms with E-state index in [0.717, 1.165) is 12.8 Å². The van der Waals surface area contributed by atoms with Crippen LogP contribution in [0.25, 0.3) is 0 Å². The fourth-order valence-electron chi connectivity index (χ4n) is 2.79. The molecule has 0 aliphatic carbocycles. The van der Waals surface area contributed by atoms with Gasteiger partial charge in [-0.2, -0.15) is 0 Å². The zero-order valence-corrected chi connectivity index (χ0v) is 18.9. The van der Waals surface area contributed by atoms with Crippen molar-refractivity contribution in [3.05, 3.63) is 29.3 Å². The first-order valence-corrected chi connectivity index (χ1v) is 12.3. The molecular formula is C21H36ClO5P. The van der Waals surface area contributed by atoms with Crippen LogP contribution in [0.15, 0.2) is 24.3 Å². The molecule has 0 amide bonds. The number of para-hydroxylation sites is 1. The van der Waals surface area contributed by atoms with E-state index in [-0.39, 0.29) is 23.5 Å². The van der Waals surface area contributed by atoms with Crippen LogP contribution in [0, 0.1) is 0 Å². The van der Waals surface area contributed by atoms with Gasteiger partial charge in [0, 0.05) is 6.61 Å². The normalized spacial score (nSPS) is 14.6. The maximum atomic E-state index is 12.0. The van der Waals surface area contributed by atoms with Gasteiger partial charge in [0.05, 0.1) is 17.7 Å². The molecule has 1 rings (SSSR count). The number of benzene rings is 1. The van der Waals surface area contributed by atoms with Gasteiger partial charge in [0.1, 0.15) is 5.75 Å². The van der Waals surface area contributed by atoms with E-state index in [1.165, 1.54) is 57.4 Å². The van der Waals surface area contributed by atoms with Crippen molar-refractivity contribution >= 4 is 19.4 Å². The zero-order chi connectivity index (χ0) is 20.7. The third-order valence-corrected chi connectivity index (χ3v) is 5.64. The second-order valence-corrected chi connectivity index (χ2v) is 8.93. The molecule has 2 atom stereocenters. The quantitative estimate of drug-likeness (QED) is 0.208. The van der Waals surface area contributed by atoms with Crippen molar-refractivity contribution in [1.82, 2.24) is 0 Å². The Balaban J connectivity index is 2.03. The molecule has 0 aromatic heterocycles. The van der Waals surface area contributed by atoms with Gasteiger partial charge in [0.15, 0.2) is 0 Å². The number of hydrogen-bond donors (Lipinski definition) is 1. The Labute approximate surface area is 175 Å². The second kappa shape index (κ2) is 15.3. The summed E-state index contributed by atoms with van der Waals surface area (Å²) in [7, 11) is -4.23. The van der Waals surface area contributed by atoms with Crippen molar-refractivity contribution in [2.45, 2.75) is 84.2 Å². The molecule has 0 aliphatic heterocycles. The maximum Gasteiger partial charge on any atom is 0.527 e. The van der Waals surface area contributed by atoms with Crippen LogP contribution in [0.5, 0.6) is 5.75 Å². The predicted molar refractivity (Wildman–Crippen MR) is 115 cm³/mol. The molecule has 0 bridgehead atoms. The Morgan fingerprint density at radius 3 is 2.18 bits per heavy atom. The van der Waals surface area contributed by atoms with E-state index in [9.17, 15) is 9.46 Å². The molecule has 0 fully saturated rings. The molecule has 5 nitrogen and oxygen atoms in total. The highest BCUT2D eigenvalue weighted by Crippen LogP contribution is 2.45. The van der Waals surface area contributed by atoms with Gasteiger partial charge in [0.2, 0.25) is 0 Å². The van der Waals surface area contributed by atoms with Gasteiger partial charge in [-0.15, -0.1) is 0 Å². The van der Waals surface area contributed by atoms with E-state index in [0.29, 0.717) is 6.61 Å². The lowest BCUT2D eigenvalue weighted by Crippen LogP contribution is -2.16. The van der Waals surface area contributed by atoms with Crippen LogP contribution in [-0.4, -0.2) is 24.2 Å². The van der Waals surface area contributed by atoms with Crippen molar-refractivity contribution < 1.29 is 23.2 Å². The minimum Gasteiger partial charge on any atom is -0.403 e. The number of halogens is 1. The zero-order valence-electron chi connectivity index (χ0n) is 17.3. The van der Waals surface area contributed by atoms with Gasteiger partial charge in [-0.1, -0.05) is 88.4 Å². The summed E-state index contributed by atoms with van der Waals surface area (Å²) in [6.45, 7) is 4.66. The van der Waals surface area contributed by atoms with E-state index in [1.54, 1.807) is 18.2 Å². The number of phosphoric acid groups is 1. The summed E-state index contributed by atoms with van der Waals surface area (Å²) in [5, 5.41) is 0.255. The largest absolute Gasteiger partial charge is 0.527 e. The second-order valence-electron chi connectivity index (χ2n) is 7.15. The standard InChI is InChI=1S/C21H36ClO5P/c1-3-4-5-6-7-8-9-10-11-14-17-25-19(2)18-26-28(23,24)27-21-16-13-12-15-20(21)22/h12-13,15-16,19H,3-11,14,17-18H2,1-2H3,(H,23,24)/t19-/m1/s1. The lowest BCUT2D eigenvalue weighted by Gasteiger charge is -2.17. The molecule has 162 valence electrons. The van der Waals surface area contributed by atoms with Crippen molar-refractivity contribution in [2.75, 3.05) is 13.2 Å². The third-order valence-electron chi connectivity index (χ3n) is 4.42. The Morgan fingerprint density at radius 2 is 1.57 bits per heavy atom. The van der Waals surface area contributed by atoms with Crippen LogP contribution in [0.4, 0.5) is 0 Å². The first-order chi connectivity index (χ1) is 13.4. The molecule has 0 saturated carbocycles. The van der Waals surface area contributed by atoms with E-state index >= 15 is 0 Å². The van der Waals surface area contributed by atoms with Gasteiger partial charge < -0.3 is 9.26 Å². The fourth-order valence-corrected chi connectivity index (χ4v) is 3.88. The number of rotatable bonds is 17. The third kappa shape index (κ3) is 12.8. The SMILES string of the molecule is CCCCCCCCCCCCO[C@H](C)COP(=O)(O)Oc1ccccc1Cl. The van der Waals surface area contributed by atoms with Crippen LogP contribution in [0.2, 0.25) is 5.02 Å². The van der Waals surface area contributed by atoms with Crippen molar-refractivity contribution in [2.24, 2.45) is 0 Å². The first kappa shape index (κ1) is 25.5. The van der Waals surface area contributed by atoms with Crippen molar-refractivity contribution in [3.63, 3.8) is 0 Å². The van der Waals surface area contributed by atoms with Crippen molar-refractivity contribution in [1.29, 1.82) is 0 Å². The van der Waals surface area contributed by atoms with Gasteiger partial charge in [-0.05, 0) is 25.5 Å². The Morgan fingerprint density at radius 1 is 1.00 bits per heavy atom. The van der Waals surface area contributed by atoms with Crippen LogP contribution in [-0.2, 0) is 13.8 Å². The Bertz CT molecular complexity index is 569. The van der Waals surface area contributed by atoms with Crippen LogP contribution < -0.4 is 4.52 Å². The van der Waals surface area contributed by atoms with Crippen LogP contribution >= 0.6 is 19.4 Å². The lowest BCUT2D eigenvalue weighted by atomic mass is 10.1. The maximum absolute atomic E-state index is 12.0. The van der Waals surface area contributed by atoms with E-state index < -0.39 is 7.82 Å². The van der Waals surface area contributed by atoms with Gasteiger partial charge in [-0.25, -0.2) is 4.57 Å². The van der Waals surface area contributed by atoms with E-state index in [2.05, 4.69) is 6.92 Å². The molecule has 0 saturated heterocycles. The average molecular weight is 435 g/mol. The lowest BCUT2D eigenvalue weighted by molar-refractivity contribution is 0.0224. The minimum absolute atomic E-state index is 0.0179. The molecule has 1 aromatic carbocycles. The predicted octanol–water partition coefficient (Wildman–Crippen LogP) is 7.16. The number of hydrogen-bond acceptors (Lipinski definition) is 4. The number of unbranched alkanes of at least 4 members (excludes halogenated alkanes) is 9. The monoisotopic (exact) mass is 434 g/mol. The first-order valence-electron chi connectivity index (χ1n) is 10.5. The molecule has 0 heterocycles.